The van der Waals surface area contributed by atoms with Crippen LogP contribution in [-0.2, 0) is 21.7 Å². The van der Waals surface area contributed by atoms with Crippen molar-refractivity contribution < 1.29 is 41.5 Å². The van der Waals surface area contributed by atoms with Crippen molar-refractivity contribution >= 4 is 33.5 Å². The van der Waals surface area contributed by atoms with Gasteiger partial charge in [-0.3, -0.25) is 0 Å². The molecule has 41 heavy (non-hydrogen) atoms. The van der Waals surface area contributed by atoms with Gasteiger partial charge in [0.1, 0.15) is 0 Å². The van der Waals surface area contributed by atoms with Crippen LogP contribution in [0, 0.1) is 13.8 Å². The van der Waals surface area contributed by atoms with Crippen LogP contribution < -0.4 is 0 Å². The van der Waals surface area contributed by atoms with Gasteiger partial charge in [0.15, 0.2) is 0 Å². The van der Waals surface area contributed by atoms with Crippen LogP contribution >= 0.6 is 0 Å². The first-order chi connectivity index (χ1) is 19.0. The molecule has 0 unspecified atom stereocenters. The zero-order chi connectivity index (χ0) is 27.2. The molecule has 0 saturated heterocycles. The van der Waals surface area contributed by atoms with Crippen molar-refractivity contribution in [3.05, 3.63) is 132 Å². The summed E-state index contributed by atoms with van der Waals surface area (Å²) in [5.41, 5.74) is 7.78. The van der Waals surface area contributed by atoms with Crippen LogP contribution in [0.1, 0.15) is 72.1 Å². The quantitative estimate of drug-likeness (QED) is 0.183. The molecular formula is C36H36O4Ti. The minimum absolute atomic E-state index is 0. The van der Waals surface area contributed by atoms with Gasteiger partial charge < -0.3 is 17.6 Å². The van der Waals surface area contributed by atoms with E-state index >= 15 is 0 Å². The van der Waals surface area contributed by atoms with Gasteiger partial charge in [0, 0.05) is 0 Å². The topological polar surface area (TPSA) is 74.6 Å². The van der Waals surface area contributed by atoms with E-state index in [1.807, 2.05) is 60.7 Å². The average Bonchev–Trinajstić information content (AvgIpc) is 3.36. The largest absolute Gasteiger partial charge is 2.00 e. The summed E-state index contributed by atoms with van der Waals surface area (Å²) in [6.07, 6.45) is 13.6. The SMILES string of the molecule is O=C(O)c1cccc2ccccc12.O=C(O)c1cccc2ccccc12.[CH-]1CCCC2=C1CC1=C2CCCC1.[CH3-].[Ti+2]. The van der Waals surface area contributed by atoms with Crippen molar-refractivity contribution in [1.29, 1.82) is 0 Å². The summed E-state index contributed by atoms with van der Waals surface area (Å²) < 4.78 is 0. The Hall–Kier alpha value is -3.60. The Morgan fingerprint density at radius 1 is 0.610 bits per heavy atom. The Labute approximate surface area is 257 Å². The Balaban J connectivity index is 0.000000165. The molecule has 2 N–H and O–H groups in total. The summed E-state index contributed by atoms with van der Waals surface area (Å²) in [6.45, 7) is 0. The number of rotatable bonds is 2. The van der Waals surface area contributed by atoms with Crippen LogP contribution in [0.15, 0.2) is 107 Å². The minimum Gasteiger partial charge on any atom is -0.478 e. The number of carboxylic acids is 2. The third-order valence-electron chi connectivity index (χ3n) is 7.80. The molecule has 3 aliphatic rings. The summed E-state index contributed by atoms with van der Waals surface area (Å²) in [4.78, 5) is 21.6. The number of carboxylic acid groups (broad SMARTS) is 2. The van der Waals surface area contributed by atoms with E-state index in [4.69, 9.17) is 10.2 Å². The van der Waals surface area contributed by atoms with Gasteiger partial charge in [-0.1, -0.05) is 97.6 Å². The molecule has 0 atom stereocenters. The fourth-order valence-electron chi connectivity index (χ4n) is 5.94. The molecule has 0 aliphatic heterocycles. The Kier molecular flexibility index (Phi) is 11.6. The molecule has 0 radical (unpaired) electrons. The van der Waals surface area contributed by atoms with Crippen molar-refractivity contribution in [2.75, 3.05) is 0 Å². The molecule has 4 aromatic rings. The summed E-state index contributed by atoms with van der Waals surface area (Å²) in [5.74, 6) is -1.76. The molecular weight excluding hydrogens is 544 g/mol. The number of carbonyl (C=O) groups is 2. The van der Waals surface area contributed by atoms with Crippen LogP contribution in [0.4, 0.5) is 0 Å². The number of aromatic carboxylic acids is 2. The van der Waals surface area contributed by atoms with Crippen LogP contribution in [0.25, 0.3) is 21.5 Å². The molecule has 0 amide bonds. The van der Waals surface area contributed by atoms with Crippen LogP contribution in [0.3, 0.4) is 0 Å². The first-order valence-electron chi connectivity index (χ1n) is 13.7. The molecule has 3 aliphatic carbocycles. The molecule has 0 spiro atoms. The van der Waals surface area contributed by atoms with E-state index in [-0.39, 0.29) is 29.1 Å². The van der Waals surface area contributed by atoms with E-state index in [9.17, 15) is 9.59 Å². The Morgan fingerprint density at radius 3 is 1.66 bits per heavy atom. The summed E-state index contributed by atoms with van der Waals surface area (Å²) in [7, 11) is 0. The molecule has 0 heterocycles. The molecule has 208 valence electrons. The fraction of sp³-hybridized carbons (Fsp3) is 0.222. The van der Waals surface area contributed by atoms with Crippen molar-refractivity contribution in [3.8, 4) is 0 Å². The van der Waals surface area contributed by atoms with Gasteiger partial charge >= 0.3 is 33.7 Å². The standard InChI is InChI=1S/C13H17.2C11H8O2.CH3.Ti/c1-3-7-12-10(5-1)9-11-6-2-4-8-13(11)12;2*12-11(13)10-7-3-5-8-4-1-2-6-9(8)10;;/h5H,1-4,6-9H2;2*1-7H,(H,12,13);1H3;/q-1;;;-1;+2. The van der Waals surface area contributed by atoms with Crippen molar-refractivity contribution in [1.82, 2.24) is 0 Å². The molecule has 0 bridgehead atoms. The summed E-state index contributed by atoms with van der Waals surface area (Å²) in [6, 6.07) is 25.5. The molecule has 0 fully saturated rings. The van der Waals surface area contributed by atoms with Crippen molar-refractivity contribution in [3.63, 3.8) is 0 Å². The predicted octanol–water partition coefficient (Wildman–Crippen LogP) is 9.47. The van der Waals surface area contributed by atoms with E-state index < -0.39 is 11.9 Å². The molecule has 7 rings (SSSR count). The first kappa shape index (κ1) is 31.9. The van der Waals surface area contributed by atoms with E-state index in [1.165, 1.54) is 51.4 Å². The average molecular weight is 581 g/mol. The number of hydrogen-bond acceptors (Lipinski definition) is 2. The van der Waals surface area contributed by atoms with Gasteiger partial charge in [-0.2, -0.15) is 5.57 Å². The maximum Gasteiger partial charge on any atom is 2.00 e. The van der Waals surface area contributed by atoms with Gasteiger partial charge in [-0.25, -0.2) is 21.6 Å². The molecule has 0 aromatic heterocycles. The van der Waals surface area contributed by atoms with Gasteiger partial charge in [0.25, 0.3) is 0 Å². The smallest absolute Gasteiger partial charge is 0.478 e. The maximum absolute atomic E-state index is 10.8. The van der Waals surface area contributed by atoms with Crippen LogP contribution in [0.2, 0.25) is 0 Å². The zero-order valence-electron chi connectivity index (χ0n) is 23.5. The second kappa shape index (κ2) is 14.9. The van der Waals surface area contributed by atoms with Gasteiger partial charge in [0.2, 0.25) is 0 Å². The predicted molar refractivity (Wildman–Crippen MR) is 164 cm³/mol. The van der Waals surface area contributed by atoms with E-state index in [0.717, 1.165) is 21.5 Å². The monoisotopic (exact) mass is 580 g/mol. The maximum atomic E-state index is 10.8. The normalized spacial score (nSPS) is 15.0. The second-order valence-electron chi connectivity index (χ2n) is 10.2. The van der Waals surface area contributed by atoms with E-state index in [0.29, 0.717) is 11.1 Å². The van der Waals surface area contributed by atoms with Crippen molar-refractivity contribution in [2.45, 2.75) is 51.4 Å². The fourth-order valence-corrected chi connectivity index (χ4v) is 5.94. The third-order valence-corrected chi connectivity index (χ3v) is 7.80. The van der Waals surface area contributed by atoms with Crippen LogP contribution in [0.5, 0.6) is 0 Å². The van der Waals surface area contributed by atoms with Crippen molar-refractivity contribution in [2.24, 2.45) is 0 Å². The second-order valence-corrected chi connectivity index (χ2v) is 10.2. The minimum atomic E-state index is -0.878. The van der Waals surface area contributed by atoms with Gasteiger partial charge in [-0.15, -0.1) is 12.0 Å². The summed E-state index contributed by atoms with van der Waals surface area (Å²) >= 11 is 0. The zero-order valence-corrected chi connectivity index (χ0v) is 25.1. The molecule has 0 saturated carbocycles. The molecule has 5 heteroatoms. The van der Waals surface area contributed by atoms with Gasteiger partial charge in [-0.05, 0) is 59.4 Å². The number of allylic oxidation sites excluding steroid dienone is 4. The van der Waals surface area contributed by atoms with Gasteiger partial charge in [0.05, 0.1) is 11.1 Å². The number of fused-ring (bicyclic) bond motifs is 3. The summed E-state index contributed by atoms with van der Waals surface area (Å²) in [5, 5.41) is 21.3. The molecule has 4 nitrogen and oxygen atoms in total. The van der Waals surface area contributed by atoms with E-state index in [1.54, 1.807) is 46.6 Å². The first-order valence-corrected chi connectivity index (χ1v) is 13.7. The number of benzene rings is 4. The Bertz CT molecular complexity index is 1470. The number of hydrogen-bond donors (Lipinski definition) is 2. The molecule has 4 aromatic carbocycles. The van der Waals surface area contributed by atoms with E-state index in [2.05, 4.69) is 6.42 Å². The Morgan fingerprint density at radius 2 is 1.10 bits per heavy atom. The van der Waals surface area contributed by atoms with Crippen LogP contribution in [-0.4, -0.2) is 22.2 Å². The third kappa shape index (κ3) is 7.38.